The molecule has 17 heavy (non-hydrogen) atoms. The van der Waals surface area contributed by atoms with Crippen molar-refractivity contribution in [2.45, 2.75) is 23.4 Å². The van der Waals surface area contributed by atoms with E-state index in [1.54, 1.807) is 12.1 Å². The van der Waals surface area contributed by atoms with E-state index in [1.165, 1.54) is 5.56 Å². The maximum absolute atomic E-state index is 12.0. The van der Waals surface area contributed by atoms with E-state index in [9.17, 15) is 13.2 Å². The van der Waals surface area contributed by atoms with Crippen LogP contribution in [0.3, 0.4) is 0 Å². The second kappa shape index (κ2) is 5.31. The highest BCUT2D eigenvalue weighted by molar-refractivity contribution is 7.99. The molecule has 1 aromatic carbocycles. The summed E-state index contributed by atoms with van der Waals surface area (Å²) in [5, 5.41) is 3.28. The molecule has 5 heteroatoms. The minimum absolute atomic E-state index is 0.511. The zero-order valence-corrected chi connectivity index (χ0v) is 10.1. The van der Waals surface area contributed by atoms with Crippen LogP contribution in [-0.2, 0) is 0 Å². The van der Waals surface area contributed by atoms with Gasteiger partial charge < -0.3 is 5.32 Å². The molecule has 1 unspecified atom stereocenters. The first-order valence-corrected chi connectivity index (χ1v) is 6.53. The van der Waals surface area contributed by atoms with Crippen molar-refractivity contribution in [1.82, 2.24) is 5.32 Å². The van der Waals surface area contributed by atoms with Crippen molar-refractivity contribution in [2.75, 3.05) is 18.8 Å². The van der Waals surface area contributed by atoms with Crippen molar-refractivity contribution in [1.29, 1.82) is 0 Å². The van der Waals surface area contributed by atoms with Crippen molar-refractivity contribution < 1.29 is 13.2 Å². The molecule has 2 rings (SSSR count). The number of hydrogen-bond acceptors (Lipinski definition) is 2. The standard InChI is InChI=1S/C12H14F3NS/c13-12(14,15)8-17-11-3-1-9(2-4-11)10-5-6-16-7-10/h1-4,10,16H,5-8H2. The Hall–Kier alpha value is -0.680. The third-order valence-corrected chi connectivity index (χ3v) is 3.89. The van der Waals surface area contributed by atoms with Gasteiger partial charge in [-0.2, -0.15) is 13.2 Å². The summed E-state index contributed by atoms with van der Waals surface area (Å²) in [5.74, 6) is -0.311. The van der Waals surface area contributed by atoms with Crippen molar-refractivity contribution >= 4 is 11.8 Å². The van der Waals surface area contributed by atoms with Crippen LogP contribution in [0.25, 0.3) is 0 Å². The van der Waals surface area contributed by atoms with Crippen LogP contribution in [0.1, 0.15) is 17.9 Å². The smallest absolute Gasteiger partial charge is 0.316 e. The Morgan fingerprint density at radius 2 is 1.94 bits per heavy atom. The van der Waals surface area contributed by atoms with Gasteiger partial charge in [-0.15, -0.1) is 11.8 Å². The summed E-state index contributed by atoms with van der Waals surface area (Å²) >= 11 is 0.838. The third-order valence-electron chi connectivity index (χ3n) is 2.81. The van der Waals surface area contributed by atoms with Crippen LogP contribution < -0.4 is 5.32 Å². The van der Waals surface area contributed by atoms with Gasteiger partial charge in [-0.05, 0) is 36.6 Å². The van der Waals surface area contributed by atoms with Gasteiger partial charge in [-0.3, -0.25) is 0 Å². The maximum atomic E-state index is 12.0. The van der Waals surface area contributed by atoms with E-state index in [2.05, 4.69) is 5.32 Å². The van der Waals surface area contributed by atoms with Gasteiger partial charge in [-0.25, -0.2) is 0 Å². The van der Waals surface area contributed by atoms with E-state index in [-0.39, 0.29) is 0 Å². The number of benzene rings is 1. The van der Waals surface area contributed by atoms with E-state index in [0.717, 1.165) is 31.3 Å². The molecule has 0 radical (unpaired) electrons. The summed E-state index contributed by atoms with van der Waals surface area (Å²) in [6, 6.07) is 7.45. The van der Waals surface area contributed by atoms with Crippen LogP contribution in [0.5, 0.6) is 0 Å². The zero-order valence-electron chi connectivity index (χ0n) is 9.26. The summed E-state index contributed by atoms with van der Waals surface area (Å²) < 4.78 is 36.1. The summed E-state index contributed by atoms with van der Waals surface area (Å²) in [6.45, 7) is 1.99. The summed E-state index contributed by atoms with van der Waals surface area (Å²) in [4.78, 5) is 0.678. The fourth-order valence-corrected chi connectivity index (χ4v) is 2.60. The predicted molar refractivity (Wildman–Crippen MR) is 63.4 cm³/mol. The molecular weight excluding hydrogens is 247 g/mol. The number of hydrogen-bond donors (Lipinski definition) is 1. The number of rotatable bonds is 3. The van der Waals surface area contributed by atoms with Gasteiger partial charge in [0.2, 0.25) is 0 Å². The van der Waals surface area contributed by atoms with E-state index in [0.29, 0.717) is 10.8 Å². The second-order valence-electron chi connectivity index (χ2n) is 4.16. The molecule has 0 aliphatic carbocycles. The SMILES string of the molecule is FC(F)(F)CSc1ccc(C2CCNC2)cc1. The molecule has 1 fully saturated rings. The van der Waals surface area contributed by atoms with Crippen molar-refractivity contribution in [3.63, 3.8) is 0 Å². The predicted octanol–water partition coefficient (Wildman–Crippen LogP) is 3.42. The average molecular weight is 261 g/mol. The first-order chi connectivity index (χ1) is 8.04. The van der Waals surface area contributed by atoms with E-state index in [1.807, 2.05) is 12.1 Å². The quantitative estimate of drug-likeness (QED) is 0.837. The van der Waals surface area contributed by atoms with Gasteiger partial charge in [-0.1, -0.05) is 12.1 Å². The molecule has 1 nitrogen and oxygen atoms in total. The highest BCUT2D eigenvalue weighted by Gasteiger charge is 2.27. The molecule has 1 aliphatic rings. The lowest BCUT2D eigenvalue weighted by Crippen LogP contribution is -2.10. The Morgan fingerprint density at radius 1 is 1.24 bits per heavy atom. The Balaban J connectivity index is 1.93. The average Bonchev–Trinajstić information content (AvgIpc) is 2.79. The molecule has 0 amide bonds. The molecule has 0 aromatic heterocycles. The molecule has 1 aromatic rings. The summed E-state index contributed by atoms with van der Waals surface area (Å²) in [7, 11) is 0. The van der Waals surface area contributed by atoms with Gasteiger partial charge in [0.25, 0.3) is 0 Å². The fourth-order valence-electron chi connectivity index (χ4n) is 1.94. The Kier molecular flexibility index (Phi) is 3.99. The molecule has 94 valence electrons. The number of alkyl halides is 3. The molecule has 0 saturated carbocycles. The van der Waals surface area contributed by atoms with Gasteiger partial charge in [0.05, 0.1) is 5.75 Å². The Labute approximate surface area is 103 Å². The van der Waals surface area contributed by atoms with Crippen LogP contribution in [0.4, 0.5) is 13.2 Å². The number of nitrogens with one attached hydrogen (secondary N) is 1. The van der Waals surface area contributed by atoms with Gasteiger partial charge in [0.15, 0.2) is 0 Å². The monoisotopic (exact) mass is 261 g/mol. The fraction of sp³-hybridized carbons (Fsp3) is 0.500. The van der Waals surface area contributed by atoms with Crippen molar-refractivity contribution in [3.05, 3.63) is 29.8 Å². The molecule has 1 heterocycles. The lowest BCUT2D eigenvalue weighted by Gasteiger charge is -2.10. The molecule has 1 atom stereocenters. The van der Waals surface area contributed by atoms with Crippen molar-refractivity contribution in [3.8, 4) is 0 Å². The van der Waals surface area contributed by atoms with Gasteiger partial charge in [0, 0.05) is 11.4 Å². The Morgan fingerprint density at radius 3 is 2.47 bits per heavy atom. The number of thioether (sulfide) groups is 1. The lowest BCUT2D eigenvalue weighted by molar-refractivity contribution is -0.105. The van der Waals surface area contributed by atoms with E-state index >= 15 is 0 Å². The van der Waals surface area contributed by atoms with Gasteiger partial charge >= 0.3 is 6.18 Å². The highest BCUT2D eigenvalue weighted by Crippen LogP contribution is 2.29. The largest absolute Gasteiger partial charge is 0.398 e. The van der Waals surface area contributed by atoms with Crippen LogP contribution in [-0.4, -0.2) is 25.0 Å². The normalized spacial score (nSPS) is 20.8. The van der Waals surface area contributed by atoms with Crippen LogP contribution >= 0.6 is 11.8 Å². The van der Waals surface area contributed by atoms with Crippen LogP contribution in [0.15, 0.2) is 29.2 Å². The zero-order chi connectivity index (χ0) is 12.3. The maximum Gasteiger partial charge on any atom is 0.398 e. The molecule has 1 N–H and O–H groups in total. The summed E-state index contributed by atoms with van der Waals surface area (Å²) in [6.07, 6.45) is -2.99. The molecule has 0 spiro atoms. The number of halogens is 3. The molecular formula is C12H14F3NS. The summed E-state index contributed by atoms with van der Waals surface area (Å²) in [5.41, 5.74) is 1.21. The molecule has 1 saturated heterocycles. The van der Waals surface area contributed by atoms with Gasteiger partial charge in [0.1, 0.15) is 0 Å². The second-order valence-corrected chi connectivity index (χ2v) is 5.21. The topological polar surface area (TPSA) is 12.0 Å². The minimum atomic E-state index is -4.10. The Bertz CT molecular complexity index is 355. The molecule has 0 bridgehead atoms. The lowest BCUT2D eigenvalue weighted by atomic mass is 9.99. The molecule has 1 aliphatic heterocycles. The van der Waals surface area contributed by atoms with Crippen molar-refractivity contribution in [2.24, 2.45) is 0 Å². The minimum Gasteiger partial charge on any atom is -0.316 e. The van der Waals surface area contributed by atoms with E-state index in [4.69, 9.17) is 0 Å². The van der Waals surface area contributed by atoms with Crippen LogP contribution in [0, 0.1) is 0 Å². The van der Waals surface area contributed by atoms with E-state index < -0.39 is 11.9 Å². The van der Waals surface area contributed by atoms with Crippen LogP contribution in [0.2, 0.25) is 0 Å². The highest BCUT2D eigenvalue weighted by atomic mass is 32.2. The third kappa shape index (κ3) is 3.92. The first-order valence-electron chi connectivity index (χ1n) is 5.55. The first kappa shape index (κ1) is 12.8.